The summed E-state index contributed by atoms with van der Waals surface area (Å²) in [5.41, 5.74) is 2.13. The number of carboxylic acids is 1. The Bertz CT molecular complexity index is 1100. The SMILES string of the molecule is Cc1cccc(CCNc2cnn(C34C[C@H]5C[C@@H](CC(CC(=O)O)(C5)C3)C4)c(=O)c2Cl)c1. The highest BCUT2D eigenvalue weighted by atomic mass is 35.5. The first-order valence-electron chi connectivity index (χ1n) is 11.6. The lowest BCUT2D eigenvalue weighted by atomic mass is 9.46. The van der Waals surface area contributed by atoms with E-state index in [4.69, 9.17) is 11.6 Å². The Kier molecular flexibility index (Phi) is 5.31. The molecule has 2 aromatic rings. The number of benzene rings is 1. The van der Waals surface area contributed by atoms with Crippen molar-refractivity contribution >= 4 is 23.3 Å². The molecule has 2 atom stereocenters. The predicted octanol–water partition coefficient (Wildman–Crippen LogP) is 4.63. The van der Waals surface area contributed by atoms with Crippen LogP contribution in [0.1, 0.15) is 56.1 Å². The summed E-state index contributed by atoms with van der Waals surface area (Å²) < 4.78 is 1.61. The van der Waals surface area contributed by atoms with Crippen LogP contribution in [0.3, 0.4) is 0 Å². The van der Waals surface area contributed by atoms with Gasteiger partial charge in [0, 0.05) is 6.54 Å². The summed E-state index contributed by atoms with van der Waals surface area (Å²) in [6.45, 7) is 2.73. The number of nitrogens with one attached hydrogen (secondary N) is 1. The van der Waals surface area contributed by atoms with Crippen LogP contribution in [0.5, 0.6) is 0 Å². The number of halogens is 1. The summed E-state index contributed by atoms with van der Waals surface area (Å²) in [5, 5.41) is 17.6. The average molecular weight is 456 g/mol. The number of aliphatic carboxylic acids is 1. The molecule has 0 spiro atoms. The van der Waals surface area contributed by atoms with Gasteiger partial charge in [0.1, 0.15) is 5.02 Å². The second-order valence-electron chi connectivity index (χ2n) is 10.5. The largest absolute Gasteiger partial charge is 0.481 e. The number of anilines is 1. The van der Waals surface area contributed by atoms with Crippen molar-refractivity contribution in [2.45, 2.75) is 63.8 Å². The molecule has 32 heavy (non-hydrogen) atoms. The van der Waals surface area contributed by atoms with Crippen LogP contribution in [0.25, 0.3) is 0 Å². The molecule has 170 valence electrons. The summed E-state index contributed by atoms with van der Waals surface area (Å²) in [4.78, 5) is 24.9. The standard InChI is InChI=1S/C25H30ClN3O3/c1-16-3-2-4-17(7-16)5-6-27-20-14-28-29(23(32)22(20)26)25-11-18-8-19(12-25)10-24(9-18,15-25)13-21(30)31/h2-4,7,14,18-19,27H,5-6,8-13,15H2,1H3,(H,30,31)/t18-,19-,24?,25?/m0/s1. The Morgan fingerprint density at radius 2 is 2.03 bits per heavy atom. The highest BCUT2D eigenvalue weighted by molar-refractivity contribution is 6.32. The molecule has 2 N–H and O–H groups in total. The molecule has 6 nitrogen and oxygen atoms in total. The minimum atomic E-state index is -0.742. The maximum atomic E-state index is 13.3. The quantitative estimate of drug-likeness (QED) is 0.635. The number of hydrogen-bond donors (Lipinski definition) is 2. The number of nitrogens with zero attached hydrogens (tertiary/aromatic N) is 2. The van der Waals surface area contributed by atoms with Gasteiger partial charge in [0.05, 0.1) is 23.8 Å². The number of aromatic nitrogens is 2. The average Bonchev–Trinajstić information content (AvgIpc) is 2.69. The molecule has 4 saturated carbocycles. The van der Waals surface area contributed by atoms with Gasteiger partial charge in [0.15, 0.2) is 0 Å². The van der Waals surface area contributed by atoms with Crippen molar-refractivity contribution < 1.29 is 9.90 Å². The second kappa shape index (κ2) is 7.91. The van der Waals surface area contributed by atoms with Crippen molar-refractivity contribution in [1.82, 2.24) is 9.78 Å². The fourth-order valence-corrected chi connectivity index (χ4v) is 7.48. The van der Waals surface area contributed by atoms with Crippen molar-refractivity contribution in [3.8, 4) is 0 Å². The molecule has 4 aliphatic carbocycles. The van der Waals surface area contributed by atoms with Crippen molar-refractivity contribution in [1.29, 1.82) is 0 Å². The predicted molar refractivity (Wildman–Crippen MR) is 124 cm³/mol. The van der Waals surface area contributed by atoms with Gasteiger partial charge in [-0.05, 0) is 74.7 Å². The van der Waals surface area contributed by atoms with E-state index in [9.17, 15) is 14.7 Å². The zero-order valence-corrected chi connectivity index (χ0v) is 19.2. The van der Waals surface area contributed by atoms with Gasteiger partial charge in [-0.3, -0.25) is 9.59 Å². The van der Waals surface area contributed by atoms with Crippen molar-refractivity contribution in [2.75, 3.05) is 11.9 Å². The van der Waals surface area contributed by atoms with E-state index in [1.165, 1.54) is 11.1 Å². The maximum absolute atomic E-state index is 13.3. The third kappa shape index (κ3) is 3.83. The van der Waals surface area contributed by atoms with Crippen LogP contribution >= 0.6 is 11.6 Å². The summed E-state index contributed by atoms with van der Waals surface area (Å²) in [7, 11) is 0. The van der Waals surface area contributed by atoms with Crippen LogP contribution in [-0.2, 0) is 16.8 Å². The van der Waals surface area contributed by atoms with E-state index in [2.05, 4.69) is 35.5 Å². The first kappa shape index (κ1) is 21.5. The normalized spacial score (nSPS) is 30.4. The first-order valence-corrected chi connectivity index (χ1v) is 11.9. The monoisotopic (exact) mass is 455 g/mol. The highest BCUT2D eigenvalue weighted by Crippen LogP contribution is 2.65. The summed E-state index contributed by atoms with van der Waals surface area (Å²) in [6.07, 6.45) is 8.24. The van der Waals surface area contributed by atoms with Gasteiger partial charge in [-0.1, -0.05) is 41.4 Å². The minimum absolute atomic E-state index is 0.173. The topological polar surface area (TPSA) is 84.2 Å². The molecule has 4 fully saturated rings. The molecular formula is C25H30ClN3O3. The Labute approximate surface area is 193 Å². The smallest absolute Gasteiger partial charge is 0.303 e. The fourth-order valence-electron chi connectivity index (χ4n) is 7.28. The molecule has 4 aliphatic rings. The van der Waals surface area contributed by atoms with Gasteiger partial charge in [0.2, 0.25) is 0 Å². The minimum Gasteiger partial charge on any atom is -0.481 e. The Balaban J connectivity index is 1.37. The molecular weight excluding hydrogens is 426 g/mol. The van der Waals surface area contributed by atoms with E-state index < -0.39 is 11.5 Å². The van der Waals surface area contributed by atoms with Crippen LogP contribution in [0.15, 0.2) is 35.3 Å². The molecule has 0 aliphatic heterocycles. The van der Waals surface area contributed by atoms with Crippen molar-refractivity contribution in [3.05, 3.63) is 57.0 Å². The summed E-state index contributed by atoms with van der Waals surface area (Å²) >= 11 is 6.53. The number of aryl methyl sites for hydroxylation is 1. The van der Waals surface area contributed by atoms with E-state index >= 15 is 0 Å². The third-order valence-electron chi connectivity index (χ3n) is 7.86. The molecule has 0 unspecified atom stereocenters. The molecule has 0 radical (unpaired) electrons. The highest BCUT2D eigenvalue weighted by Gasteiger charge is 2.59. The molecule has 6 rings (SSSR count). The molecule has 1 aromatic heterocycles. The van der Waals surface area contributed by atoms with Crippen LogP contribution in [0.4, 0.5) is 5.69 Å². The Morgan fingerprint density at radius 1 is 1.28 bits per heavy atom. The lowest BCUT2D eigenvalue weighted by Crippen LogP contribution is -2.59. The van der Waals surface area contributed by atoms with Crippen LogP contribution in [-0.4, -0.2) is 27.4 Å². The van der Waals surface area contributed by atoms with Gasteiger partial charge in [-0.25, -0.2) is 4.68 Å². The summed E-state index contributed by atoms with van der Waals surface area (Å²) in [5.74, 6) is 0.194. The number of carbonyl (C=O) groups is 1. The zero-order valence-electron chi connectivity index (χ0n) is 18.4. The van der Waals surface area contributed by atoms with Crippen LogP contribution < -0.4 is 10.9 Å². The van der Waals surface area contributed by atoms with Crippen LogP contribution in [0, 0.1) is 24.2 Å². The van der Waals surface area contributed by atoms with E-state index in [1.807, 2.05) is 6.07 Å². The van der Waals surface area contributed by atoms with Crippen LogP contribution in [0.2, 0.25) is 5.02 Å². The molecule has 0 saturated heterocycles. The molecule has 7 heteroatoms. The maximum Gasteiger partial charge on any atom is 0.303 e. The lowest BCUT2D eigenvalue weighted by molar-refractivity contribution is -0.151. The molecule has 4 bridgehead atoms. The van der Waals surface area contributed by atoms with Crippen molar-refractivity contribution in [3.63, 3.8) is 0 Å². The van der Waals surface area contributed by atoms with Gasteiger partial charge < -0.3 is 10.4 Å². The van der Waals surface area contributed by atoms with Gasteiger partial charge in [-0.15, -0.1) is 0 Å². The van der Waals surface area contributed by atoms with E-state index in [-0.39, 0.29) is 22.4 Å². The van der Waals surface area contributed by atoms with Gasteiger partial charge in [-0.2, -0.15) is 5.10 Å². The Morgan fingerprint density at radius 3 is 2.72 bits per heavy atom. The first-order chi connectivity index (χ1) is 15.3. The molecule has 1 heterocycles. The van der Waals surface area contributed by atoms with E-state index in [1.54, 1.807) is 10.9 Å². The lowest BCUT2D eigenvalue weighted by Gasteiger charge is -2.61. The fraction of sp³-hybridized carbons (Fsp3) is 0.560. The van der Waals surface area contributed by atoms with E-state index in [0.29, 0.717) is 30.5 Å². The van der Waals surface area contributed by atoms with Crippen molar-refractivity contribution in [2.24, 2.45) is 17.3 Å². The second-order valence-corrected chi connectivity index (χ2v) is 10.9. The molecule has 0 amide bonds. The number of hydrogen-bond acceptors (Lipinski definition) is 4. The Hall–Kier alpha value is -2.34. The summed E-state index contributed by atoms with van der Waals surface area (Å²) in [6, 6.07) is 8.36. The van der Waals surface area contributed by atoms with Gasteiger partial charge in [0.25, 0.3) is 5.56 Å². The number of carboxylic acid groups (broad SMARTS) is 1. The third-order valence-corrected chi connectivity index (χ3v) is 8.22. The molecule has 1 aromatic carbocycles. The van der Waals surface area contributed by atoms with E-state index in [0.717, 1.165) is 38.5 Å². The number of rotatable bonds is 7. The zero-order chi connectivity index (χ0) is 22.5. The van der Waals surface area contributed by atoms with Gasteiger partial charge >= 0.3 is 5.97 Å².